The molecule has 0 spiro atoms. The van der Waals surface area contributed by atoms with Gasteiger partial charge in [0.25, 0.3) is 0 Å². The van der Waals surface area contributed by atoms with E-state index in [-0.39, 0.29) is 18.5 Å². The minimum absolute atomic E-state index is 0. The van der Waals surface area contributed by atoms with Crippen molar-refractivity contribution in [2.24, 2.45) is 0 Å². The van der Waals surface area contributed by atoms with E-state index in [1.165, 1.54) is 25.8 Å². The lowest BCUT2D eigenvalue weighted by Gasteiger charge is -2.32. The maximum absolute atomic E-state index is 9.31. The van der Waals surface area contributed by atoms with Gasteiger partial charge in [-0.3, -0.25) is 4.90 Å². The smallest absolute Gasteiger partial charge is 0.0667 e. The lowest BCUT2D eigenvalue weighted by atomic mass is 10.0. The summed E-state index contributed by atoms with van der Waals surface area (Å²) < 4.78 is 0. The van der Waals surface area contributed by atoms with Crippen molar-refractivity contribution in [3.05, 3.63) is 0 Å². The summed E-state index contributed by atoms with van der Waals surface area (Å²) in [5.41, 5.74) is 0. The van der Waals surface area contributed by atoms with Crippen LogP contribution in [0.1, 0.15) is 25.7 Å². The molecule has 2 nitrogen and oxygen atoms in total. The third-order valence-corrected chi connectivity index (χ3v) is 2.78. The van der Waals surface area contributed by atoms with Gasteiger partial charge in [-0.25, -0.2) is 0 Å². The number of aliphatic hydroxyl groups excluding tert-OH is 1. The van der Waals surface area contributed by atoms with Crippen molar-refractivity contribution in [1.29, 1.82) is 0 Å². The molecular weight excluding hydrogens is 162 g/mol. The molecule has 2 saturated heterocycles. The maximum atomic E-state index is 9.31. The number of fused-ring (bicyclic) bond motifs is 1. The second-order valence-corrected chi connectivity index (χ2v) is 3.52. The molecular formula is C8H16ClNO. The first-order valence-corrected chi connectivity index (χ1v) is 4.28. The van der Waals surface area contributed by atoms with Gasteiger partial charge in [0.1, 0.15) is 0 Å². The number of hydrogen-bond acceptors (Lipinski definition) is 2. The van der Waals surface area contributed by atoms with Gasteiger partial charge >= 0.3 is 0 Å². The monoisotopic (exact) mass is 177 g/mol. The van der Waals surface area contributed by atoms with E-state index in [4.69, 9.17) is 0 Å². The minimum Gasteiger partial charge on any atom is -0.392 e. The summed E-state index contributed by atoms with van der Waals surface area (Å²) in [5.74, 6) is 0. The van der Waals surface area contributed by atoms with Crippen LogP contribution in [0.5, 0.6) is 0 Å². The SMILES string of the molecule is Cl.O[C@@H]1CC[C@@H]2CCCN2C1. The topological polar surface area (TPSA) is 23.5 Å². The number of hydrogen-bond donors (Lipinski definition) is 1. The van der Waals surface area contributed by atoms with Crippen LogP contribution in [0.3, 0.4) is 0 Å². The van der Waals surface area contributed by atoms with Crippen LogP contribution in [0.2, 0.25) is 0 Å². The van der Waals surface area contributed by atoms with Crippen molar-refractivity contribution < 1.29 is 5.11 Å². The van der Waals surface area contributed by atoms with Crippen molar-refractivity contribution in [3.8, 4) is 0 Å². The van der Waals surface area contributed by atoms with E-state index in [0.29, 0.717) is 0 Å². The summed E-state index contributed by atoms with van der Waals surface area (Å²) in [6, 6.07) is 0.823. The molecule has 2 atom stereocenters. The molecule has 0 aliphatic carbocycles. The van der Waals surface area contributed by atoms with Gasteiger partial charge in [0.15, 0.2) is 0 Å². The second-order valence-electron chi connectivity index (χ2n) is 3.52. The molecule has 66 valence electrons. The number of aliphatic hydroxyl groups is 1. The van der Waals surface area contributed by atoms with E-state index in [2.05, 4.69) is 4.90 Å². The van der Waals surface area contributed by atoms with E-state index in [1.807, 2.05) is 0 Å². The Morgan fingerprint density at radius 1 is 1.18 bits per heavy atom. The summed E-state index contributed by atoms with van der Waals surface area (Å²) >= 11 is 0. The molecule has 0 aromatic carbocycles. The zero-order valence-electron chi connectivity index (χ0n) is 6.70. The summed E-state index contributed by atoms with van der Waals surface area (Å²) in [5, 5.41) is 9.31. The zero-order valence-corrected chi connectivity index (χ0v) is 7.52. The third kappa shape index (κ3) is 1.86. The molecule has 0 radical (unpaired) electrons. The van der Waals surface area contributed by atoms with E-state index >= 15 is 0 Å². The summed E-state index contributed by atoms with van der Waals surface area (Å²) in [6.07, 6.45) is 4.93. The molecule has 2 fully saturated rings. The van der Waals surface area contributed by atoms with Gasteiger partial charge in [0.05, 0.1) is 6.10 Å². The van der Waals surface area contributed by atoms with Crippen LogP contribution in [0.25, 0.3) is 0 Å². The lowest BCUT2D eigenvalue weighted by Crippen LogP contribution is -2.41. The summed E-state index contributed by atoms with van der Waals surface area (Å²) in [7, 11) is 0. The lowest BCUT2D eigenvalue weighted by molar-refractivity contribution is 0.0559. The van der Waals surface area contributed by atoms with Gasteiger partial charge < -0.3 is 5.11 Å². The maximum Gasteiger partial charge on any atom is 0.0667 e. The molecule has 0 saturated carbocycles. The molecule has 2 heterocycles. The quantitative estimate of drug-likeness (QED) is 0.598. The van der Waals surface area contributed by atoms with Crippen LogP contribution in [0.4, 0.5) is 0 Å². The zero-order chi connectivity index (χ0) is 6.97. The summed E-state index contributed by atoms with van der Waals surface area (Å²) in [4.78, 5) is 2.44. The van der Waals surface area contributed by atoms with Gasteiger partial charge in [-0.2, -0.15) is 0 Å². The Balaban J connectivity index is 0.000000605. The van der Waals surface area contributed by atoms with Crippen molar-refractivity contribution in [2.45, 2.75) is 37.8 Å². The van der Waals surface area contributed by atoms with E-state index < -0.39 is 0 Å². The molecule has 0 bridgehead atoms. The predicted molar refractivity (Wildman–Crippen MR) is 47.1 cm³/mol. The Hall–Kier alpha value is 0.210. The van der Waals surface area contributed by atoms with Crippen molar-refractivity contribution in [1.82, 2.24) is 4.90 Å². The van der Waals surface area contributed by atoms with Crippen LogP contribution >= 0.6 is 12.4 Å². The van der Waals surface area contributed by atoms with Gasteiger partial charge in [0, 0.05) is 12.6 Å². The second kappa shape index (κ2) is 3.74. The molecule has 11 heavy (non-hydrogen) atoms. The average molecular weight is 178 g/mol. The minimum atomic E-state index is -0.0330. The predicted octanol–water partition coefficient (Wildman–Crippen LogP) is 1.03. The third-order valence-electron chi connectivity index (χ3n) is 2.78. The van der Waals surface area contributed by atoms with Gasteiger partial charge in [-0.05, 0) is 32.2 Å². The van der Waals surface area contributed by atoms with Gasteiger partial charge in [-0.1, -0.05) is 0 Å². The van der Waals surface area contributed by atoms with Crippen LogP contribution in [0.15, 0.2) is 0 Å². The van der Waals surface area contributed by atoms with Crippen LogP contribution < -0.4 is 0 Å². The fourth-order valence-electron chi connectivity index (χ4n) is 2.21. The Kier molecular flexibility index (Phi) is 3.16. The van der Waals surface area contributed by atoms with Crippen molar-refractivity contribution in [2.75, 3.05) is 13.1 Å². The molecule has 0 aromatic heterocycles. The van der Waals surface area contributed by atoms with Crippen molar-refractivity contribution in [3.63, 3.8) is 0 Å². The van der Waals surface area contributed by atoms with Crippen molar-refractivity contribution >= 4 is 12.4 Å². The first-order valence-electron chi connectivity index (χ1n) is 4.28. The largest absolute Gasteiger partial charge is 0.392 e. The number of rotatable bonds is 0. The molecule has 0 aromatic rings. The first kappa shape index (κ1) is 9.30. The molecule has 0 amide bonds. The molecule has 3 heteroatoms. The standard InChI is InChI=1S/C8H15NO.ClH/c10-8-4-3-7-2-1-5-9(7)6-8;/h7-8,10H,1-6H2;1H/t7-,8+;/m0./s1. The molecule has 2 aliphatic rings. The number of halogens is 1. The fraction of sp³-hybridized carbons (Fsp3) is 1.00. The molecule has 1 N–H and O–H groups in total. The van der Waals surface area contributed by atoms with E-state index in [0.717, 1.165) is 19.0 Å². The normalized spacial score (nSPS) is 37.9. The highest BCUT2D eigenvalue weighted by atomic mass is 35.5. The Morgan fingerprint density at radius 2 is 2.00 bits per heavy atom. The van der Waals surface area contributed by atoms with Gasteiger partial charge in [-0.15, -0.1) is 12.4 Å². The molecule has 2 aliphatic heterocycles. The highest BCUT2D eigenvalue weighted by molar-refractivity contribution is 5.85. The van der Waals surface area contributed by atoms with Crippen LogP contribution in [0, 0.1) is 0 Å². The van der Waals surface area contributed by atoms with Gasteiger partial charge in [0.2, 0.25) is 0 Å². The molecule has 2 rings (SSSR count). The highest BCUT2D eigenvalue weighted by Gasteiger charge is 2.30. The van der Waals surface area contributed by atoms with Crippen LogP contribution in [-0.2, 0) is 0 Å². The summed E-state index contributed by atoms with van der Waals surface area (Å²) in [6.45, 7) is 2.16. The van der Waals surface area contributed by atoms with E-state index in [9.17, 15) is 5.11 Å². The Morgan fingerprint density at radius 3 is 2.82 bits per heavy atom. The average Bonchev–Trinajstić information content (AvgIpc) is 2.33. The van der Waals surface area contributed by atoms with Crippen LogP contribution in [-0.4, -0.2) is 35.2 Å². The number of piperidine rings is 1. The fourth-order valence-corrected chi connectivity index (χ4v) is 2.21. The number of nitrogens with zero attached hydrogens (tertiary/aromatic N) is 1. The van der Waals surface area contributed by atoms with E-state index in [1.54, 1.807) is 0 Å². The highest BCUT2D eigenvalue weighted by Crippen LogP contribution is 2.26. The Bertz CT molecular complexity index is 131. The Labute approximate surface area is 74.0 Å². The molecule has 0 unspecified atom stereocenters. The first-order chi connectivity index (χ1) is 4.86.